The molecular weight excluding hydrogens is 204 g/mol. The molecule has 2 saturated heterocycles. The third-order valence-electron chi connectivity index (χ3n) is 3.64. The Bertz CT molecular complexity index is 290. The van der Waals surface area contributed by atoms with E-state index >= 15 is 0 Å². The first-order chi connectivity index (χ1) is 7.32. The van der Waals surface area contributed by atoms with Gasteiger partial charge in [0.1, 0.15) is 5.60 Å². The number of amides is 1. The monoisotopic (exact) mass is 226 g/mol. The fourth-order valence-electron chi connectivity index (χ4n) is 2.52. The second-order valence-corrected chi connectivity index (χ2v) is 6.23. The van der Waals surface area contributed by atoms with Gasteiger partial charge in [0, 0.05) is 25.0 Å². The summed E-state index contributed by atoms with van der Waals surface area (Å²) < 4.78 is 5.35. The van der Waals surface area contributed by atoms with Crippen molar-refractivity contribution in [3.8, 4) is 0 Å². The Hall–Kier alpha value is -0.770. The Kier molecular flexibility index (Phi) is 2.65. The van der Waals surface area contributed by atoms with Crippen molar-refractivity contribution in [2.45, 2.75) is 33.3 Å². The van der Waals surface area contributed by atoms with Gasteiger partial charge >= 0.3 is 6.09 Å². The molecule has 0 radical (unpaired) electrons. The van der Waals surface area contributed by atoms with Crippen molar-refractivity contribution in [2.24, 2.45) is 11.3 Å². The minimum absolute atomic E-state index is 0.169. The minimum atomic E-state index is -0.390. The molecule has 1 amide bonds. The normalized spacial score (nSPS) is 28.0. The zero-order valence-corrected chi connectivity index (χ0v) is 10.7. The highest BCUT2D eigenvalue weighted by Gasteiger charge is 2.51. The summed E-state index contributed by atoms with van der Waals surface area (Å²) in [7, 11) is 0. The minimum Gasteiger partial charge on any atom is -0.444 e. The van der Waals surface area contributed by atoms with Gasteiger partial charge < -0.3 is 15.0 Å². The van der Waals surface area contributed by atoms with E-state index in [0.717, 1.165) is 26.2 Å². The third kappa shape index (κ3) is 2.03. The standard InChI is InChI=1S/C12H22N2O2/c1-9-5-13-6-12(9)7-14(8-12)10(15)16-11(2,3)4/h9,13H,5-8H2,1-4H3/t9-/m1/s1. The molecule has 2 aliphatic heterocycles. The second-order valence-electron chi connectivity index (χ2n) is 6.23. The second kappa shape index (κ2) is 3.62. The predicted molar refractivity (Wildman–Crippen MR) is 62.3 cm³/mol. The van der Waals surface area contributed by atoms with E-state index in [0.29, 0.717) is 11.3 Å². The van der Waals surface area contributed by atoms with Gasteiger partial charge in [-0.1, -0.05) is 6.92 Å². The molecular formula is C12H22N2O2. The lowest BCUT2D eigenvalue weighted by Crippen LogP contribution is -2.62. The maximum Gasteiger partial charge on any atom is 0.410 e. The average Bonchev–Trinajstić information content (AvgIpc) is 2.40. The van der Waals surface area contributed by atoms with Gasteiger partial charge in [0.2, 0.25) is 0 Å². The molecule has 1 spiro atoms. The number of carbonyl (C=O) groups excluding carboxylic acids is 1. The SMILES string of the molecule is C[C@@H]1CNCC12CN(C(=O)OC(C)(C)C)C2. The Labute approximate surface area is 97.3 Å². The smallest absolute Gasteiger partial charge is 0.410 e. The Morgan fingerprint density at radius 3 is 2.50 bits per heavy atom. The van der Waals surface area contributed by atoms with E-state index in [-0.39, 0.29) is 11.7 Å². The molecule has 0 aromatic heterocycles. The molecule has 2 heterocycles. The van der Waals surface area contributed by atoms with Crippen LogP contribution in [0.2, 0.25) is 0 Å². The van der Waals surface area contributed by atoms with Crippen LogP contribution in [0.3, 0.4) is 0 Å². The Balaban J connectivity index is 1.86. The summed E-state index contributed by atoms with van der Waals surface area (Å²) >= 11 is 0. The number of carbonyl (C=O) groups is 1. The van der Waals surface area contributed by atoms with Crippen molar-refractivity contribution < 1.29 is 9.53 Å². The summed E-state index contributed by atoms with van der Waals surface area (Å²) in [5.41, 5.74) is -0.0731. The van der Waals surface area contributed by atoms with Crippen LogP contribution in [0.15, 0.2) is 0 Å². The highest BCUT2D eigenvalue weighted by Crippen LogP contribution is 2.40. The van der Waals surface area contributed by atoms with Crippen LogP contribution >= 0.6 is 0 Å². The van der Waals surface area contributed by atoms with Crippen LogP contribution in [0.5, 0.6) is 0 Å². The van der Waals surface area contributed by atoms with Crippen molar-refractivity contribution in [3.63, 3.8) is 0 Å². The lowest BCUT2D eigenvalue weighted by atomic mass is 9.73. The molecule has 0 aromatic carbocycles. The quantitative estimate of drug-likeness (QED) is 0.680. The van der Waals surface area contributed by atoms with Gasteiger partial charge in [-0.15, -0.1) is 0 Å². The first kappa shape index (κ1) is 11.7. The van der Waals surface area contributed by atoms with Gasteiger partial charge in [-0.05, 0) is 33.2 Å². The summed E-state index contributed by atoms with van der Waals surface area (Å²) in [6.07, 6.45) is -0.169. The van der Waals surface area contributed by atoms with Gasteiger partial charge in [0.15, 0.2) is 0 Å². The van der Waals surface area contributed by atoms with E-state index in [1.807, 2.05) is 25.7 Å². The number of nitrogens with zero attached hydrogens (tertiary/aromatic N) is 1. The van der Waals surface area contributed by atoms with Gasteiger partial charge in [0.25, 0.3) is 0 Å². The summed E-state index contributed by atoms with van der Waals surface area (Å²) in [5, 5.41) is 3.39. The molecule has 0 saturated carbocycles. The van der Waals surface area contributed by atoms with Crippen molar-refractivity contribution in [1.29, 1.82) is 0 Å². The van der Waals surface area contributed by atoms with E-state index in [1.54, 1.807) is 0 Å². The molecule has 0 unspecified atom stereocenters. The van der Waals surface area contributed by atoms with Crippen molar-refractivity contribution in [1.82, 2.24) is 10.2 Å². The molecule has 2 fully saturated rings. The fraction of sp³-hybridized carbons (Fsp3) is 0.917. The largest absolute Gasteiger partial charge is 0.444 e. The molecule has 2 aliphatic rings. The fourth-order valence-corrected chi connectivity index (χ4v) is 2.52. The van der Waals surface area contributed by atoms with Gasteiger partial charge in [0.05, 0.1) is 0 Å². The lowest BCUT2D eigenvalue weighted by molar-refractivity contribution is -0.0404. The molecule has 92 valence electrons. The molecule has 4 heteroatoms. The Morgan fingerprint density at radius 2 is 2.06 bits per heavy atom. The summed E-state index contributed by atoms with van der Waals surface area (Å²) in [6, 6.07) is 0. The highest BCUT2D eigenvalue weighted by atomic mass is 16.6. The van der Waals surface area contributed by atoms with E-state index < -0.39 is 0 Å². The molecule has 1 N–H and O–H groups in total. The van der Waals surface area contributed by atoms with E-state index in [9.17, 15) is 4.79 Å². The van der Waals surface area contributed by atoms with Crippen LogP contribution in [0, 0.1) is 11.3 Å². The first-order valence-corrected chi connectivity index (χ1v) is 6.01. The number of nitrogens with one attached hydrogen (secondary N) is 1. The highest BCUT2D eigenvalue weighted by molar-refractivity contribution is 5.69. The van der Waals surface area contributed by atoms with Gasteiger partial charge in [-0.25, -0.2) is 4.79 Å². The van der Waals surface area contributed by atoms with Crippen LogP contribution in [-0.4, -0.2) is 42.8 Å². The van der Waals surface area contributed by atoms with Crippen LogP contribution in [-0.2, 0) is 4.74 Å². The first-order valence-electron chi connectivity index (χ1n) is 6.01. The van der Waals surface area contributed by atoms with Crippen molar-refractivity contribution in [2.75, 3.05) is 26.2 Å². The topological polar surface area (TPSA) is 41.6 Å². The number of hydrogen-bond donors (Lipinski definition) is 1. The summed E-state index contributed by atoms with van der Waals surface area (Å²) in [6.45, 7) is 11.8. The zero-order chi connectivity index (χ0) is 12.0. The summed E-state index contributed by atoms with van der Waals surface area (Å²) in [5.74, 6) is 0.659. The number of ether oxygens (including phenoxy) is 1. The van der Waals surface area contributed by atoms with E-state index in [1.165, 1.54) is 0 Å². The van der Waals surface area contributed by atoms with Gasteiger partial charge in [-0.3, -0.25) is 0 Å². The molecule has 0 aliphatic carbocycles. The maximum absolute atomic E-state index is 11.8. The molecule has 0 aromatic rings. The van der Waals surface area contributed by atoms with Crippen LogP contribution in [0.4, 0.5) is 4.79 Å². The maximum atomic E-state index is 11.8. The molecule has 1 atom stereocenters. The molecule has 2 rings (SSSR count). The molecule has 16 heavy (non-hydrogen) atoms. The van der Waals surface area contributed by atoms with Crippen molar-refractivity contribution >= 4 is 6.09 Å². The summed E-state index contributed by atoms with van der Waals surface area (Å²) in [4.78, 5) is 13.6. The number of rotatable bonds is 0. The Morgan fingerprint density at radius 1 is 1.44 bits per heavy atom. The average molecular weight is 226 g/mol. The van der Waals surface area contributed by atoms with Crippen LogP contribution in [0.1, 0.15) is 27.7 Å². The number of hydrogen-bond acceptors (Lipinski definition) is 3. The van der Waals surface area contributed by atoms with Crippen LogP contribution in [0.25, 0.3) is 0 Å². The predicted octanol–water partition coefficient (Wildman–Crippen LogP) is 1.46. The number of likely N-dealkylation sites (tertiary alicyclic amines) is 1. The van der Waals surface area contributed by atoms with E-state index in [4.69, 9.17) is 4.74 Å². The lowest BCUT2D eigenvalue weighted by Gasteiger charge is -2.50. The van der Waals surface area contributed by atoms with Gasteiger partial charge in [-0.2, -0.15) is 0 Å². The molecule has 0 bridgehead atoms. The van der Waals surface area contributed by atoms with Crippen molar-refractivity contribution in [3.05, 3.63) is 0 Å². The van der Waals surface area contributed by atoms with E-state index in [2.05, 4.69) is 12.2 Å². The zero-order valence-electron chi connectivity index (χ0n) is 10.7. The van der Waals surface area contributed by atoms with Crippen LogP contribution < -0.4 is 5.32 Å². The third-order valence-corrected chi connectivity index (χ3v) is 3.64. The molecule has 4 nitrogen and oxygen atoms in total.